The highest BCUT2D eigenvalue weighted by molar-refractivity contribution is 5.97. The Balaban J connectivity index is 2.06. The van der Waals surface area contributed by atoms with Gasteiger partial charge in [-0.2, -0.15) is 5.10 Å². The van der Waals surface area contributed by atoms with Gasteiger partial charge < -0.3 is 0 Å². The summed E-state index contributed by atoms with van der Waals surface area (Å²) < 4.78 is 0. The minimum atomic E-state index is -0.0828. The summed E-state index contributed by atoms with van der Waals surface area (Å²) in [5.41, 5.74) is 1.69. The van der Waals surface area contributed by atoms with Crippen LogP contribution in [0.2, 0.25) is 0 Å². The summed E-state index contributed by atoms with van der Waals surface area (Å²) in [6, 6.07) is 9.38. The molecule has 0 spiro atoms. The van der Waals surface area contributed by atoms with Crippen LogP contribution in [0.3, 0.4) is 0 Å². The van der Waals surface area contributed by atoms with Crippen LogP contribution in [0.25, 0.3) is 0 Å². The number of hydrogen-bond acceptors (Lipinski definition) is 3. The lowest BCUT2D eigenvalue weighted by Crippen LogP contribution is -2.33. The number of likely N-dealkylation sites (N-methyl/N-ethyl adjacent to an activating group) is 1. The monoisotopic (exact) mass is 312 g/mol. The van der Waals surface area contributed by atoms with Crippen molar-refractivity contribution >= 4 is 11.5 Å². The van der Waals surface area contributed by atoms with Crippen molar-refractivity contribution < 1.29 is 4.79 Å². The van der Waals surface area contributed by atoms with Gasteiger partial charge in [-0.25, -0.2) is 0 Å². The predicted octanol–water partition coefficient (Wildman–Crippen LogP) is 4.56. The molecular weight excluding hydrogens is 284 g/mol. The Morgan fingerprint density at radius 2 is 1.96 bits per heavy atom. The molecule has 124 valence electrons. The highest BCUT2D eigenvalue weighted by Gasteiger charge is 2.36. The van der Waals surface area contributed by atoms with Gasteiger partial charge >= 0.3 is 0 Å². The SMILES string of the molecule is C=CC(C)(/C(C)=N\N(C)CC(=O)c1ccccc1)C1CCCC1. The van der Waals surface area contributed by atoms with Crippen LogP contribution < -0.4 is 0 Å². The maximum Gasteiger partial charge on any atom is 0.183 e. The standard InChI is InChI=1S/C20H28N2O/c1-5-20(3,18-13-9-10-14-18)16(2)21-22(4)15-19(23)17-11-7-6-8-12-17/h5-8,11-12,18H,1,9-10,13-15H2,2-4H3/b21-16-. The number of nitrogens with zero attached hydrogens (tertiary/aromatic N) is 2. The second-order valence-electron chi connectivity index (χ2n) is 6.76. The lowest BCUT2D eigenvalue weighted by Gasteiger charge is -2.33. The topological polar surface area (TPSA) is 32.7 Å². The zero-order valence-electron chi connectivity index (χ0n) is 14.6. The molecule has 1 unspecified atom stereocenters. The fraction of sp³-hybridized carbons (Fsp3) is 0.500. The van der Waals surface area contributed by atoms with Gasteiger partial charge in [-0.15, -0.1) is 6.58 Å². The summed E-state index contributed by atoms with van der Waals surface area (Å²) in [6.07, 6.45) is 7.10. The molecule has 1 saturated carbocycles. The molecule has 1 aliphatic carbocycles. The first-order valence-electron chi connectivity index (χ1n) is 8.46. The second-order valence-corrected chi connectivity index (χ2v) is 6.76. The van der Waals surface area contributed by atoms with Crippen LogP contribution in [-0.4, -0.2) is 30.1 Å². The number of rotatable bonds is 7. The molecule has 0 saturated heterocycles. The number of carbonyl (C=O) groups is 1. The van der Waals surface area contributed by atoms with Gasteiger partial charge in [0.05, 0.1) is 6.54 Å². The summed E-state index contributed by atoms with van der Waals surface area (Å²) >= 11 is 0. The predicted molar refractivity (Wildman–Crippen MR) is 96.8 cm³/mol. The molecule has 3 heteroatoms. The van der Waals surface area contributed by atoms with Gasteiger partial charge in [0.2, 0.25) is 0 Å². The Kier molecular flexibility index (Phi) is 5.75. The highest BCUT2D eigenvalue weighted by Crippen LogP contribution is 2.41. The number of benzene rings is 1. The van der Waals surface area contributed by atoms with Crippen LogP contribution in [0.1, 0.15) is 49.9 Å². The van der Waals surface area contributed by atoms with Gasteiger partial charge in [0.1, 0.15) is 0 Å². The molecule has 0 amide bonds. The fourth-order valence-corrected chi connectivity index (χ4v) is 3.46. The van der Waals surface area contributed by atoms with E-state index >= 15 is 0 Å². The van der Waals surface area contributed by atoms with E-state index in [1.165, 1.54) is 25.7 Å². The van der Waals surface area contributed by atoms with Crippen molar-refractivity contribution in [3.63, 3.8) is 0 Å². The van der Waals surface area contributed by atoms with Crippen LogP contribution in [0, 0.1) is 11.3 Å². The normalized spacial score (nSPS) is 18.5. The molecule has 1 aromatic rings. The number of hydrazone groups is 1. The van der Waals surface area contributed by atoms with Crippen molar-refractivity contribution in [2.45, 2.75) is 39.5 Å². The molecule has 23 heavy (non-hydrogen) atoms. The van der Waals surface area contributed by atoms with Crippen LogP contribution >= 0.6 is 0 Å². The molecule has 1 aliphatic rings. The van der Waals surface area contributed by atoms with E-state index in [1.54, 1.807) is 5.01 Å². The van der Waals surface area contributed by atoms with E-state index in [9.17, 15) is 4.79 Å². The van der Waals surface area contributed by atoms with E-state index in [0.29, 0.717) is 12.5 Å². The van der Waals surface area contributed by atoms with Crippen LogP contribution in [0.4, 0.5) is 0 Å². The highest BCUT2D eigenvalue weighted by atomic mass is 16.1. The second kappa shape index (κ2) is 7.58. The van der Waals surface area contributed by atoms with E-state index in [-0.39, 0.29) is 11.2 Å². The van der Waals surface area contributed by atoms with Gasteiger partial charge in [-0.05, 0) is 25.7 Å². The first-order valence-corrected chi connectivity index (χ1v) is 8.46. The smallest absolute Gasteiger partial charge is 0.183 e. The molecule has 0 N–H and O–H groups in total. The van der Waals surface area contributed by atoms with Crippen LogP contribution in [0.15, 0.2) is 48.1 Å². The molecule has 1 fully saturated rings. The third-order valence-electron chi connectivity index (χ3n) is 5.20. The Morgan fingerprint density at radius 1 is 1.35 bits per heavy atom. The maximum absolute atomic E-state index is 12.3. The van der Waals surface area contributed by atoms with E-state index < -0.39 is 0 Å². The van der Waals surface area contributed by atoms with Crippen LogP contribution in [-0.2, 0) is 0 Å². The summed E-state index contributed by atoms with van der Waals surface area (Å²) in [5.74, 6) is 0.702. The average molecular weight is 312 g/mol. The minimum Gasteiger partial charge on any atom is -0.292 e. The van der Waals surface area contributed by atoms with Crippen molar-refractivity contribution in [3.8, 4) is 0 Å². The molecule has 0 heterocycles. The number of Topliss-reactive ketones (excluding diaryl/α,β-unsaturated/α-hetero) is 1. The molecular formula is C20H28N2O. The van der Waals surface area contributed by atoms with E-state index in [0.717, 1.165) is 11.3 Å². The Hall–Kier alpha value is -1.90. The van der Waals surface area contributed by atoms with Crippen molar-refractivity contribution in [2.75, 3.05) is 13.6 Å². The number of ketones is 1. The van der Waals surface area contributed by atoms with Gasteiger partial charge in [0.15, 0.2) is 5.78 Å². The van der Waals surface area contributed by atoms with Gasteiger partial charge in [0, 0.05) is 23.7 Å². The number of allylic oxidation sites excluding steroid dienone is 1. The van der Waals surface area contributed by atoms with E-state index in [1.807, 2.05) is 43.5 Å². The van der Waals surface area contributed by atoms with Crippen molar-refractivity contribution in [1.29, 1.82) is 0 Å². The van der Waals surface area contributed by atoms with E-state index in [2.05, 4.69) is 25.5 Å². The fourth-order valence-electron chi connectivity index (χ4n) is 3.46. The lowest BCUT2D eigenvalue weighted by molar-refractivity contribution is 0.0947. The van der Waals surface area contributed by atoms with Gasteiger partial charge in [-0.3, -0.25) is 9.80 Å². The summed E-state index contributed by atoms with van der Waals surface area (Å²) in [5, 5.41) is 6.44. The third-order valence-corrected chi connectivity index (χ3v) is 5.20. The molecule has 1 atom stereocenters. The van der Waals surface area contributed by atoms with Crippen LogP contribution in [0.5, 0.6) is 0 Å². The number of hydrogen-bond donors (Lipinski definition) is 0. The molecule has 0 radical (unpaired) electrons. The summed E-state index contributed by atoms with van der Waals surface area (Å²) in [6.45, 7) is 8.62. The first kappa shape index (κ1) is 17.5. The molecule has 0 aliphatic heterocycles. The zero-order chi connectivity index (χ0) is 16.9. The molecule has 2 rings (SSSR count). The first-order chi connectivity index (χ1) is 11.0. The van der Waals surface area contributed by atoms with Crippen molar-refractivity contribution in [1.82, 2.24) is 5.01 Å². The summed E-state index contributed by atoms with van der Waals surface area (Å²) in [4.78, 5) is 12.3. The van der Waals surface area contributed by atoms with Gasteiger partial charge in [-0.1, -0.05) is 56.2 Å². The summed E-state index contributed by atoms with van der Waals surface area (Å²) in [7, 11) is 1.86. The molecule has 0 aromatic heterocycles. The zero-order valence-corrected chi connectivity index (χ0v) is 14.6. The molecule has 1 aromatic carbocycles. The van der Waals surface area contributed by atoms with Crippen molar-refractivity contribution in [3.05, 3.63) is 48.6 Å². The maximum atomic E-state index is 12.3. The van der Waals surface area contributed by atoms with Crippen molar-refractivity contribution in [2.24, 2.45) is 16.4 Å². The largest absolute Gasteiger partial charge is 0.292 e. The van der Waals surface area contributed by atoms with Gasteiger partial charge in [0.25, 0.3) is 0 Å². The Morgan fingerprint density at radius 3 is 2.52 bits per heavy atom. The molecule has 0 bridgehead atoms. The van der Waals surface area contributed by atoms with E-state index in [4.69, 9.17) is 0 Å². The Labute approximate surface area is 140 Å². The lowest BCUT2D eigenvalue weighted by atomic mass is 9.73. The average Bonchev–Trinajstić information content (AvgIpc) is 3.09. The number of carbonyl (C=O) groups excluding carboxylic acids is 1. The minimum absolute atomic E-state index is 0.0828. The Bertz CT molecular complexity index is 573. The third kappa shape index (κ3) is 4.10. The molecule has 3 nitrogen and oxygen atoms in total. The quantitative estimate of drug-likeness (QED) is 0.320.